The Morgan fingerprint density at radius 3 is 2.15 bits per heavy atom. The fourth-order valence-electron chi connectivity index (χ4n) is 2.11. The van der Waals surface area contributed by atoms with Crippen LogP contribution in [0.4, 0.5) is 0 Å². The molecule has 1 aromatic heterocycles. The van der Waals surface area contributed by atoms with Crippen LogP contribution in [0.15, 0.2) is 22.9 Å². The van der Waals surface area contributed by atoms with Crippen LogP contribution in [-0.4, -0.2) is 28.9 Å². The third-order valence-corrected chi connectivity index (χ3v) is 3.79. The summed E-state index contributed by atoms with van der Waals surface area (Å²) >= 11 is 3.30. The molecule has 112 valence electrons. The highest BCUT2D eigenvalue weighted by Gasteiger charge is 2.15. The lowest BCUT2D eigenvalue weighted by Gasteiger charge is -2.22. The average molecular weight is 341 g/mol. The number of carbonyl (C=O) groups excluding carboxylic acids is 1. The molecule has 1 amide bonds. The van der Waals surface area contributed by atoms with E-state index in [1.54, 1.807) is 6.20 Å². The first-order chi connectivity index (χ1) is 9.69. The number of aromatic nitrogens is 1. The highest BCUT2D eigenvalue weighted by atomic mass is 79.9. The molecule has 0 aliphatic carbocycles. The molecule has 20 heavy (non-hydrogen) atoms. The molecule has 4 heteroatoms. The number of amides is 1. The predicted octanol–water partition coefficient (Wildman–Crippen LogP) is 4.67. The maximum absolute atomic E-state index is 12.5. The Kier molecular flexibility index (Phi) is 8.51. The molecule has 0 aliphatic heterocycles. The maximum Gasteiger partial charge on any atom is 0.255 e. The van der Waals surface area contributed by atoms with Crippen LogP contribution in [0.2, 0.25) is 0 Å². The molecule has 0 saturated carbocycles. The molecular formula is C16H25BrN2O. The van der Waals surface area contributed by atoms with Crippen LogP contribution in [0, 0.1) is 0 Å². The second-order valence-electron chi connectivity index (χ2n) is 5.08. The molecule has 0 aliphatic rings. The highest BCUT2D eigenvalue weighted by Crippen LogP contribution is 2.11. The van der Waals surface area contributed by atoms with Gasteiger partial charge in [-0.3, -0.25) is 4.79 Å². The van der Waals surface area contributed by atoms with Gasteiger partial charge in [-0.05, 0) is 40.9 Å². The molecule has 1 rings (SSSR count). The van der Waals surface area contributed by atoms with E-state index in [1.807, 2.05) is 17.0 Å². The summed E-state index contributed by atoms with van der Waals surface area (Å²) in [5.74, 6) is 0.109. The van der Waals surface area contributed by atoms with E-state index >= 15 is 0 Å². The molecule has 1 aromatic rings. The number of carbonyl (C=O) groups is 1. The lowest BCUT2D eigenvalue weighted by molar-refractivity contribution is 0.0749. The highest BCUT2D eigenvalue weighted by molar-refractivity contribution is 9.10. The van der Waals surface area contributed by atoms with Crippen molar-refractivity contribution in [2.24, 2.45) is 0 Å². The van der Waals surface area contributed by atoms with E-state index in [4.69, 9.17) is 0 Å². The first-order valence-electron chi connectivity index (χ1n) is 7.59. The Bertz CT molecular complexity index is 382. The van der Waals surface area contributed by atoms with Gasteiger partial charge in [-0.1, -0.05) is 39.5 Å². The van der Waals surface area contributed by atoms with Crippen LogP contribution in [0.25, 0.3) is 0 Å². The average Bonchev–Trinajstić information content (AvgIpc) is 2.46. The van der Waals surface area contributed by atoms with Gasteiger partial charge in [-0.25, -0.2) is 4.98 Å². The number of halogens is 1. The number of nitrogens with zero attached hydrogens (tertiary/aromatic N) is 2. The number of hydrogen-bond donors (Lipinski definition) is 0. The largest absolute Gasteiger partial charge is 0.339 e. The van der Waals surface area contributed by atoms with E-state index in [0.29, 0.717) is 5.56 Å². The Labute approximate surface area is 130 Å². The minimum absolute atomic E-state index is 0.109. The van der Waals surface area contributed by atoms with Crippen molar-refractivity contribution in [1.82, 2.24) is 9.88 Å². The maximum atomic E-state index is 12.5. The first kappa shape index (κ1) is 17.2. The summed E-state index contributed by atoms with van der Waals surface area (Å²) in [7, 11) is 0. The van der Waals surface area contributed by atoms with Crippen molar-refractivity contribution < 1.29 is 4.79 Å². The van der Waals surface area contributed by atoms with Gasteiger partial charge in [-0.15, -0.1) is 0 Å². The fraction of sp³-hybridized carbons (Fsp3) is 0.625. The van der Waals surface area contributed by atoms with Crippen LogP contribution in [0.3, 0.4) is 0 Å². The number of hydrogen-bond acceptors (Lipinski definition) is 2. The molecule has 0 bridgehead atoms. The van der Waals surface area contributed by atoms with E-state index in [2.05, 4.69) is 34.8 Å². The third-order valence-electron chi connectivity index (χ3n) is 3.32. The molecular weight excluding hydrogens is 316 g/mol. The zero-order valence-corrected chi connectivity index (χ0v) is 14.2. The molecule has 0 fully saturated rings. The van der Waals surface area contributed by atoms with E-state index in [9.17, 15) is 4.79 Å². The van der Waals surface area contributed by atoms with Gasteiger partial charge in [0, 0.05) is 19.3 Å². The lowest BCUT2D eigenvalue weighted by Crippen LogP contribution is -2.33. The Morgan fingerprint density at radius 1 is 1.10 bits per heavy atom. The predicted molar refractivity (Wildman–Crippen MR) is 86.9 cm³/mol. The summed E-state index contributed by atoms with van der Waals surface area (Å²) in [5.41, 5.74) is 0.682. The zero-order chi connectivity index (χ0) is 14.8. The number of pyridine rings is 1. The van der Waals surface area contributed by atoms with Crippen LogP contribution in [0.1, 0.15) is 62.7 Å². The van der Waals surface area contributed by atoms with Gasteiger partial charge in [0.25, 0.3) is 5.91 Å². The van der Waals surface area contributed by atoms with Crippen molar-refractivity contribution in [2.45, 2.75) is 52.4 Å². The zero-order valence-electron chi connectivity index (χ0n) is 12.6. The number of rotatable bonds is 9. The van der Waals surface area contributed by atoms with Gasteiger partial charge in [0.05, 0.1) is 5.56 Å². The topological polar surface area (TPSA) is 33.2 Å². The molecule has 0 aromatic carbocycles. The summed E-state index contributed by atoms with van der Waals surface area (Å²) in [6, 6.07) is 3.66. The van der Waals surface area contributed by atoms with Crippen molar-refractivity contribution in [2.75, 3.05) is 13.1 Å². The summed E-state index contributed by atoms with van der Waals surface area (Å²) < 4.78 is 0.762. The summed E-state index contributed by atoms with van der Waals surface area (Å²) in [4.78, 5) is 18.6. The van der Waals surface area contributed by atoms with Gasteiger partial charge < -0.3 is 4.90 Å². The van der Waals surface area contributed by atoms with Gasteiger partial charge in [0.2, 0.25) is 0 Å². The quantitative estimate of drug-likeness (QED) is 0.483. The van der Waals surface area contributed by atoms with Crippen LogP contribution < -0.4 is 0 Å². The number of unbranched alkanes of at least 4 members (excludes halogenated alkanes) is 4. The van der Waals surface area contributed by atoms with E-state index in [0.717, 1.165) is 30.5 Å². The van der Waals surface area contributed by atoms with E-state index in [-0.39, 0.29) is 5.91 Å². The Balaban J connectivity index is 2.63. The van der Waals surface area contributed by atoms with E-state index in [1.165, 1.54) is 25.7 Å². The van der Waals surface area contributed by atoms with Crippen LogP contribution >= 0.6 is 15.9 Å². The fourth-order valence-corrected chi connectivity index (χ4v) is 2.34. The molecule has 0 unspecified atom stereocenters. The monoisotopic (exact) mass is 340 g/mol. The summed E-state index contributed by atoms with van der Waals surface area (Å²) in [6.07, 6.45) is 8.52. The molecule has 0 radical (unpaired) electrons. The Morgan fingerprint density at radius 2 is 1.70 bits per heavy atom. The molecule has 0 saturated heterocycles. The third kappa shape index (κ3) is 6.04. The normalized spacial score (nSPS) is 10.6. The van der Waals surface area contributed by atoms with Crippen molar-refractivity contribution in [3.63, 3.8) is 0 Å². The lowest BCUT2D eigenvalue weighted by atomic mass is 10.2. The van der Waals surface area contributed by atoms with Gasteiger partial charge in [0.1, 0.15) is 4.60 Å². The van der Waals surface area contributed by atoms with Crippen LogP contribution in [-0.2, 0) is 0 Å². The molecule has 3 nitrogen and oxygen atoms in total. The van der Waals surface area contributed by atoms with E-state index < -0.39 is 0 Å². The van der Waals surface area contributed by atoms with Crippen molar-refractivity contribution in [3.05, 3.63) is 28.5 Å². The second kappa shape index (κ2) is 9.92. The minimum Gasteiger partial charge on any atom is -0.339 e. The Hall–Kier alpha value is -0.900. The van der Waals surface area contributed by atoms with Gasteiger partial charge >= 0.3 is 0 Å². The molecule has 1 heterocycles. The standard InChI is InChI=1S/C16H25BrN2O/c1-3-5-7-11-19(12-8-6-4-2)16(20)14-9-10-15(17)18-13-14/h9-10,13H,3-8,11-12H2,1-2H3. The SMILES string of the molecule is CCCCCN(CCCCC)C(=O)c1ccc(Br)nc1. The van der Waals surface area contributed by atoms with Gasteiger partial charge in [0.15, 0.2) is 0 Å². The summed E-state index contributed by atoms with van der Waals surface area (Å²) in [6.45, 7) is 6.07. The van der Waals surface area contributed by atoms with Crippen molar-refractivity contribution in [3.8, 4) is 0 Å². The molecule has 0 spiro atoms. The summed E-state index contributed by atoms with van der Waals surface area (Å²) in [5, 5.41) is 0. The minimum atomic E-state index is 0.109. The van der Waals surface area contributed by atoms with Gasteiger partial charge in [-0.2, -0.15) is 0 Å². The second-order valence-corrected chi connectivity index (χ2v) is 5.89. The van der Waals surface area contributed by atoms with Crippen molar-refractivity contribution in [1.29, 1.82) is 0 Å². The first-order valence-corrected chi connectivity index (χ1v) is 8.39. The molecule has 0 N–H and O–H groups in total. The molecule has 0 atom stereocenters. The van der Waals surface area contributed by atoms with Crippen LogP contribution in [0.5, 0.6) is 0 Å². The van der Waals surface area contributed by atoms with Crippen molar-refractivity contribution >= 4 is 21.8 Å². The smallest absolute Gasteiger partial charge is 0.255 e.